The van der Waals surface area contributed by atoms with Crippen molar-refractivity contribution in [3.05, 3.63) is 17.4 Å². The number of hydrogen-bond acceptors (Lipinski definition) is 8. The average Bonchev–Trinajstić information content (AvgIpc) is 3.22. The van der Waals surface area contributed by atoms with Crippen LogP contribution in [0.1, 0.15) is 33.9 Å². The molecule has 0 amide bonds. The van der Waals surface area contributed by atoms with Crippen molar-refractivity contribution in [2.75, 3.05) is 12.1 Å². The molecule has 9 nitrogen and oxygen atoms in total. The highest BCUT2D eigenvalue weighted by molar-refractivity contribution is 6.30. The summed E-state index contributed by atoms with van der Waals surface area (Å²) in [6, 6.07) is 1.67. The molecular formula is C17H23ClN4O5. The molecule has 0 saturated carbocycles. The fourth-order valence-electron chi connectivity index (χ4n) is 3.44. The molecule has 0 radical (unpaired) electrons. The summed E-state index contributed by atoms with van der Waals surface area (Å²) in [5, 5.41) is 15.1. The van der Waals surface area contributed by atoms with Gasteiger partial charge < -0.3 is 19.3 Å². The van der Waals surface area contributed by atoms with E-state index in [9.17, 15) is 5.11 Å². The van der Waals surface area contributed by atoms with Gasteiger partial charge in [0, 0.05) is 6.07 Å². The molecule has 2 fully saturated rings. The van der Waals surface area contributed by atoms with Crippen LogP contribution in [0.25, 0.3) is 11.0 Å². The number of pyridine rings is 1. The second-order valence-corrected chi connectivity index (χ2v) is 7.79. The predicted molar refractivity (Wildman–Crippen MR) is 97.2 cm³/mol. The summed E-state index contributed by atoms with van der Waals surface area (Å²) in [5.41, 5.74) is 4.07. The second kappa shape index (κ2) is 6.84. The maximum absolute atomic E-state index is 9.67. The van der Waals surface area contributed by atoms with E-state index >= 15 is 0 Å². The van der Waals surface area contributed by atoms with Crippen LogP contribution in [0, 0.1) is 0 Å². The Balaban J connectivity index is 1.72. The zero-order valence-electron chi connectivity index (χ0n) is 15.5. The topological polar surface area (TPSA) is 99.9 Å². The molecule has 2 aliphatic heterocycles. The van der Waals surface area contributed by atoms with Crippen molar-refractivity contribution in [2.45, 2.75) is 64.1 Å². The standard InChI is InChI=1S/C17H23ClN4O5/c1-8(2)27-21-10-5-12(18)20-15-9(10)6-19-22(15)16-14-13(11(7-23)24-16)25-17(3,4)26-14/h5-6,8,11,13-14,16,23H,7H2,1-4H3,(H,20,21)/t11-,13-,14-,16-/m1/s1. The van der Waals surface area contributed by atoms with Gasteiger partial charge in [0.15, 0.2) is 17.7 Å². The number of fused-ring (bicyclic) bond motifs is 2. The van der Waals surface area contributed by atoms with Gasteiger partial charge in [-0.3, -0.25) is 10.3 Å². The second-order valence-electron chi connectivity index (χ2n) is 7.40. The zero-order chi connectivity index (χ0) is 19.3. The fourth-order valence-corrected chi connectivity index (χ4v) is 3.63. The predicted octanol–water partition coefficient (Wildman–Crippen LogP) is 2.25. The van der Waals surface area contributed by atoms with Crippen LogP contribution in [0.3, 0.4) is 0 Å². The maximum Gasteiger partial charge on any atom is 0.181 e. The van der Waals surface area contributed by atoms with Gasteiger partial charge in [-0.2, -0.15) is 5.10 Å². The number of nitrogens with zero attached hydrogens (tertiary/aromatic N) is 3. The normalized spacial score (nSPS) is 29.6. The molecule has 0 spiro atoms. The molecule has 0 aliphatic carbocycles. The molecular weight excluding hydrogens is 376 g/mol. The molecule has 10 heteroatoms. The van der Waals surface area contributed by atoms with Crippen LogP contribution in [0.2, 0.25) is 5.15 Å². The van der Waals surface area contributed by atoms with Gasteiger partial charge in [-0.15, -0.1) is 0 Å². The van der Waals surface area contributed by atoms with Crippen LogP contribution in [0.4, 0.5) is 5.69 Å². The molecule has 4 rings (SSSR count). The van der Waals surface area contributed by atoms with Gasteiger partial charge in [0.1, 0.15) is 23.5 Å². The highest BCUT2D eigenvalue weighted by atomic mass is 35.5. The Labute approximate surface area is 161 Å². The SMILES string of the molecule is CC(C)ONc1cc(Cl)nc2c1cnn2[C@@H]1O[C@H](CO)[C@H]2OC(C)(C)O[C@H]21. The first-order valence-electron chi connectivity index (χ1n) is 8.86. The first kappa shape index (κ1) is 18.9. The number of anilines is 1. The van der Waals surface area contributed by atoms with Gasteiger partial charge in [-0.1, -0.05) is 11.6 Å². The molecule has 2 aliphatic rings. The Bertz CT molecular complexity index is 842. The van der Waals surface area contributed by atoms with Crippen molar-refractivity contribution in [3.8, 4) is 0 Å². The molecule has 2 N–H and O–H groups in total. The Kier molecular flexibility index (Phi) is 4.77. The summed E-state index contributed by atoms with van der Waals surface area (Å²) in [6.45, 7) is 7.31. The van der Waals surface area contributed by atoms with E-state index in [0.29, 0.717) is 11.3 Å². The van der Waals surface area contributed by atoms with Crippen molar-refractivity contribution in [2.24, 2.45) is 0 Å². The quantitative estimate of drug-likeness (QED) is 0.584. The number of aromatic nitrogens is 3. The van der Waals surface area contributed by atoms with Crippen LogP contribution in [-0.4, -0.2) is 56.7 Å². The number of halogens is 1. The zero-order valence-corrected chi connectivity index (χ0v) is 16.3. The first-order chi connectivity index (χ1) is 12.8. The van der Waals surface area contributed by atoms with Gasteiger partial charge in [0.05, 0.1) is 30.0 Å². The van der Waals surface area contributed by atoms with E-state index in [0.717, 1.165) is 5.39 Å². The lowest BCUT2D eigenvalue weighted by molar-refractivity contribution is -0.201. The van der Waals surface area contributed by atoms with Crippen molar-refractivity contribution in [1.29, 1.82) is 0 Å². The highest BCUT2D eigenvalue weighted by Crippen LogP contribution is 2.43. The van der Waals surface area contributed by atoms with Crippen LogP contribution in [0.15, 0.2) is 12.3 Å². The molecule has 0 unspecified atom stereocenters. The molecule has 2 aromatic rings. The van der Waals surface area contributed by atoms with E-state index in [1.54, 1.807) is 16.9 Å². The molecule has 2 saturated heterocycles. The largest absolute Gasteiger partial charge is 0.394 e. The Morgan fingerprint density at radius 2 is 2.11 bits per heavy atom. The summed E-state index contributed by atoms with van der Waals surface area (Å²) in [6.07, 6.45) is -0.286. The number of ether oxygens (including phenoxy) is 3. The van der Waals surface area contributed by atoms with Gasteiger partial charge in [-0.25, -0.2) is 9.67 Å². The fraction of sp³-hybridized carbons (Fsp3) is 0.647. The van der Waals surface area contributed by atoms with Crippen LogP contribution >= 0.6 is 11.6 Å². The van der Waals surface area contributed by atoms with E-state index < -0.39 is 30.3 Å². The monoisotopic (exact) mass is 398 g/mol. The molecule has 27 heavy (non-hydrogen) atoms. The van der Waals surface area contributed by atoms with Gasteiger partial charge in [0.2, 0.25) is 0 Å². The minimum atomic E-state index is -0.767. The van der Waals surface area contributed by atoms with Crippen molar-refractivity contribution >= 4 is 28.3 Å². The lowest BCUT2D eigenvalue weighted by atomic mass is 10.1. The van der Waals surface area contributed by atoms with E-state index in [1.807, 2.05) is 27.7 Å². The minimum absolute atomic E-state index is 0.0162. The molecule has 0 aromatic carbocycles. The third-order valence-electron chi connectivity index (χ3n) is 4.49. The number of hydrogen-bond donors (Lipinski definition) is 2. The molecule has 0 bridgehead atoms. The molecule has 4 atom stereocenters. The molecule has 2 aromatic heterocycles. The van der Waals surface area contributed by atoms with E-state index in [1.165, 1.54) is 0 Å². The lowest BCUT2D eigenvalue weighted by Crippen LogP contribution is -2.31. The third-order valence-corrected chi connectivity index (χ3v) is 4.68. The van der Waals surface area contributed by atoms with Crippen LogP contribution in [0.5, 0.6) is 0 Å². The van der Waals surface area contributed by atoms with Gasteiger partial charge in [0.25, 0.3) is 0 Å². The first-order valence-corrected chi connectivity index (χ1v) is 9.24. The van der Waals surface area contributed by atoms with Crippen molar-refractivity contribution in [3.63, 3.8) is 0 Å². The summed E-state index contributed by atoms with van der Waals surface area (Å²) in [7, 11) is 0. The number of aliphatic hydroxyl groups is 1. The third kappa shape index (κ3) is 3.39. The number of aliphatic hydroxyl groups excluding tert-OH is 1. The Morgan fingerprint density at radius 3 is 2.81 bits per heavy atom. The Morgan fingerprint density at radius 1 is 1.37 bits per heavy atom. The van der Waals surface area contributed by atoms with Crippen molar-refractivity contribution < 1.29 is 24.2 Å². The van der Waals surface area contributed by atoms with Gasteiger partial charge >= 0.3 is 0 Å². The average molecular weight is 399 g/mol. The smallest absolute Gasteiger partial charge is 0.181 e. The molecule has 4 heterocycles. The summed E-state index contributed by atoms with van der Waals surface area (Å²) < 4.78 is 19.5. The number of nitrogens with one attached hydrogen (secondary N) is 1. The van der Waals surface area contributed by atoms with Crippen molar-refractivity contribution in [1.82, 2.24) is 14.8 Å². The number of rotatable bonds is 5. The van der Waals surface area contributed by atoms with E-state index in [2.05, 4.69) is 15.6 Å². The maximum atomic E-state index is 9.67. The van der Waals surface area contributed by atoms with E-state index in [4.69, 9.17) is 30.6 Å². The highest BCUT2D eigenvalue weighted by Gasteiger charge is 2.56. The summed E-state index contributed by atoms with van der Waals surface area (Å²) >= 11 is 6.20. The molecule has 148 valence electrons. The lowest BCUT2D eigenvalue weighted by Gasteiger charge is -2.23. The van der Waals surface area contributed by atoms with E-state index in [-0.39, 0.29) is 17.9 Å². The van der Waals surface area contributed by atoms with Crippen LogP contribution < -0.4 is 5.48 Å². The summed E-state index contributed by atoms with van der Waals surface area (Å²) in [4.78, 5) is 9.88. The van der Waals surface area contributed by atoms with Crippen LogP contribution in [-0.2, 0) is 19.0 Å². The Hall–Kier alpha value is -1.49. The summed E-state index contributed by atoms with van der Waals surface area (Å²) in [5.74, 6) is -0.767. The minimum Gasteiger partial charge on any atom is -0.394 e. The van der Waals surface area contributed by atoms with Gasteiger partial charge in [-0.05, 0) is 27.7 Å².